The molecule has 2 radical (unpaired) electrons. The first-order chi connectivity index (χ1) is 8.59. The van der Waals surface area contributed by atoms with Gasteiger partial charge in [-0.25, -0.2) is 8.78 Å². The first-order valence-corrected chi connectivity index (χ1v) is 7.25. The topological polar surface area (TPSA) is 9.23 Å². The predicted molar refractivity (Wildman–Crippen MR) is 69.4 cm³/mol. The quantitative estimate of drug-likeness (QED) is 0.701. The van der Waals surface area contributed by atoms with Gasteiger partial charge in [0.05, 0.1) is 14.0 Å². The van der Waals surface area contributed by atoms with Gasteiger partial charge in [0.2, 0.25) is 0 Å². The summed E-state index contributed by atoms with van der Waals surface area (Å²) >= 11 is 0. The number of hydrogen-bond acceptors (Lipinski definition) is 1. The highest BCUT2D eigenvalue weighted by Gasteiger charge is 2.42. The summed E-state index contributed by atoms with van der Waals surface area (Å²) < 4.78 is 33.2. The van der Waals surface area contributed by atoms with Crippen LogP contribution in [0, 0.1) is 11.8 Å². The largest absolute Gasteiger partial charge is 0.375 e. The Morgan fingerprint density at radius 3 is 2.44 bits per heavy atom. The molecule has 0 amide bonds. The Morgan fingerprint density at radius 1 is 1.11 bits per heavy atom. The van der Waals surface area contributed by atoms with Gasteiger partial charge in [0.15, 0.2) is 6.17 Å². The molecule has 5 unspecified atom stereocenters. The maximum absolute atomic E-state index is 13.9. The summed E-state index contributed by atoms with van der Waals surface area (Å²) in [6, 6.07) is 0. The fourth-order valence-corrected chi connectivity index (χ4v) is 3.28. The minimum Gasteiger partial charge on any atom is -0.375 e. The summed E-state index contributed by atoms with van der Waals surface area (Å²) in [6.07, 6.45) is 2.87. The highest BCUT2D eigenvalue weighted by Crippen LogP contribution is 2.37. The standard InChI is InChI=1S/C14H23BF2O/c1-9-7-11(15)12(16)13(17)14(9)18-8-10-5-3-2-4-6-10/h9-14H,2-8H2,1H3. The molecule has 0 aromatic rings. The minimum absolute atomic E-state index is 0.00518. The Labute approximate surface area is 110 Å². The van der Waals surface area contributed by atoms with Crippen LogP contribution in [0.3, 0.4) is 0 Å². The van der Waals surface area contributed by atoms with Gasteiger partial charge in [-0.3, -0.25) is 0 Å². The van der Waals surface area contributed by atoms with Crippen molar-refractivity contribution < 1.29 is 13.5 Å². The van der Waals surface area contributed by atoms with Crippen LogP contribution in [0.1, 0.15) is 45.4 Å². The van der Waals surface area contributed by atoms with Crippen molar-refractivity contribution in [3.63, 3.8) is 0 Å². The zero-order chi connectivity index (χ0) is 13.1. The molecule has 0 aromatic carbocycles. The zero-order valence-corrected chi connectivity index (χ0v) is 11.2. The summed E-state index contributed by atoms with van der Waals surface area (Å²) in [7, 11) is 5.59. The van der Waals surface area contributed by atoms with Crippen molar-refractivity contribution in [1.29, 1.82) is 0 Å². The van der Waals surface area contributed by atoms with Gasteiger partial charge in [-0.05, 0) is 30.5 Å². The first-order valence-electron chi connectivity index (χ1n) is 7.25. The minimum atomic E-state index is -1.57. The highest BCUT2D eigenvalue weighted by molar-refractivity contribution is 6.12. The molecule has 0 bridgehead atoms. The number of hydrogen-bond donors (Lipinski definition) is 0. The SMILES string of the molecule is [B]C1CC(C)C(OCC2CCCCC2)C(F)C1F. The van der Waals surface area contributed by atoms with E-state index in [4.69, 9.17) is 12.6 Å². The van der Waals surface area contributed by atoms with Crippen molar-refractivity contribution in [3.8, 4) is 0 Å². The van der Waals surface area contributed by atoms with Gasteiger partial charge < -0.3 is 4.74 Å². The third kappa shape index (κ3) is 3.25. The van der Waals surface area contributed by atoms with E-state index in [1.54, 1.807) is 0 Å². The normalized spacial score (nSPS) is 42.9. The number of ether oxygens (including phenoxy) is 1. The van der Waals surface area contributed by atoms with Crippen molar-refractivity contribution in [2.24, 2.45) is 11.8 Å². The van der Waals surface area contributed by atoms with Crippen molar-refractivity contribution in [3.05, 3.63) is 0 Å². The third-order valence-electron chi connectivity index (χ3n) is 4.48. The molecular formula is C14H23BF2O. The molecule has 2 aliphatic rings. The van der Waals surface area contributed by atoms with E-state index in [2.05, 4.69) is 0 Å². The lowest BCUT2D eigenvalue weighted by molar-refractivity contribution is -0.0935. The van der Waals surface area contributed by atoms with Crippen molar-refractivity contribution in [2.45, 2.75) is 69.7 Å². The molecule has 4 heteroatoms. The third-order valence-corrected chi connectivity index (χ3v) is 4.48. The molecule has 0 N–H and O–H groups in total. The van der Waals surface area contributed by atoms with Crippen molar-refractivity contribution >= 4 is 7.85 Å². The van der Waals surface area contributed by atoms with Crippen molar-refractivity contribution in [2.75, 3.05) is 6.61 Å². The van der Waals surface area contributed by atoms with E-state index in [0.29, 0.717) is 18.9 Å². The zero-order valence-electron chi connectivity index (χ0n) is 11.2. The van der Waals surface area contributed by atoms with Gasteiger partial charge in [0.1, 0.15) is 6.17 Å². The Balaban J connectivity index is 1.83. The van der Waals surface area contributed by atoms with E-state index in [9.17, 15) is 8.78 Å². The molecule has 18 heavy (non-hydrogen) atoms. The first kappa shape index (κ1) is 14.3. The van der Waals surface area contributed by atoms with Crippen LogP contribution >= 0.6 is 0 Å². The predicted octanol–water partition coefficient (Wildman–Crippen LogP) is 3.62. The molecule has 2 aliphatic carbocycles. The van der Waals surface area contributed by atoms with Gasteiger partial charge in [0, 0.05) is 6.61 Å². The fourth-order valence-electron chi connectivity index (χ4n) is 3.28. The lowest BCUT2D eigenvalue weighted by Crippen LogP contribution is -2.46. The van der Waals surface area contributed by atoms with Crippen LogP contribution in [0.5, 0.6) is 0 Å². The lowest BCUT2D eigenvalue weighted by Gasteiger charge is -2.39. The molecule has 2 saturated carbocycles. The number of rotatable bonds is 3. The van der Waals surface area contributed by atoms with E-state index in [1.165, 1.54) is 19.3 Å². The van der Waals surface area contributed by atoms with E-state index >= 15 is 0 Å². The summed E-state index contributed by atoms with van der Waals surface area (Å²) in [5.74, 6) is -0.137. The molecule has 0 saturated heterocycles. The molecule has 102 valence electrons. The molecule has 2 fully saturated rings. The average Bonchev–Trinajstić information content (AvgIpc) is 2.37. The van der Waals surface area contributed by atoms with Crippen LogP contribution < -0.4 is 0 Å². The molecule has 1 nitrogen and oxygen atoms in total. The van der Waals surface area contributed by atoms with Crippen LogP contribution in [0.2, 0.25) is 5.82 Å². The molecular weight excluding hydrogens is 233 g/mol. The lowest BCUT2D eigenvalue weighted by atomic mass is 9.68. The number of halogens is 2. The molecule has 0 heterocycles. The van der Waals surface area contributed by atoms with Crippen LogP contribution in [0.15, 0.2) is 0 Å². The monoisotopic (exact) mass is 256 g/mol. The average molecular weight is 256 g/mol. The van der Waals surface area contributed by atoms with Gasteiger partial charge in [0.25, 0.3) is 0 Å². The van der Waals surface area contributed by atoms with Gasteiger partial charge >= 0.3 is 0 Å². The summed E-state index contributed by atoms with van der Waals surface area (Å²) in [5, 5.41) is 0. The Hall–Kier alpha value is -0.115. The van der Waals surface area contributed by atoms with Crippen LogP contribution in [0.4, 0.5) is 8.78 Å². The second kappa shape index (κ2) is 6.36. The van der Waals surface area contributed by atoms with Crippen molar-refractivity contribution in [1.82, 2.24) is 0 Å². The van der Waals surface area contributed by atoms with Crippen LogP contribution in [-0.2, 0) is 4.74 Å². The Bertz CT molecular complexity index is 258. The van der Waals surface area contributed by atoms with E-state index in [-0.39, 0.29) is 5.92 Å². The Kier molecular flexibility index (Phi) is 5.05. The van der Waals surface area contributed by atoms with Gasteiger partial charge in [-0.1, -0.05) is 32.6 Å². The second-order valence-corrected chi connectivity index (χ2v) is 6.07. The van der Waals surface area contributed by atoms with E-state index < -0.39 is 24.3 Å². The molecule has 0 spiro atoms. The molecule has 5 atom stereocenters. The molecule has 0 aromatic heterocycles. The second-order valence-electron chi connectivity index (χ2n) is 6.07. The number of alkyl halides is 2. The highest BCUT2D eigenvalue weighted by atomic mass is 19.2. The summed E-state index contributed by atoms with van der Waals surface area (Å²) in [4.78, 5) is 0. The fraction of sp³-hybridized carbons (Fsp3) is 1.00. The molecule has 2 rings (SSSR count). The summed E-state index contributed by atoms with van der Waals surface area (Å²) in [5.41, 5.74) is 0. The van der Waals surface area contributed by atoms with Crippen LogP contribution in [0.25, 0.3) is 0 Å². The van der Waals surface area contributed by atoms with Gasteiger partial charge in [-0.2, -0.15) is 0 Å². The maximum Gasteiger partial charge on any atom is 0.157 e. The maximum atomic E-state index is 13.9. The van der Waals surface area contributed by atoms with E-state index in [0.717, 1.165) is 12.8 Å². The smallest absolute Gasteiger partial charge is 0.157 e. The van der Waals surface area contributed by atoms with Crippen LogP contribution in [-0.4, -0.2) is 32.9 Å². The van der Waals surface area contributed by atoms with Gasteiger partial charge in [-0.15, -0.1) is 0 Å². The molecule has 0 aliphatic heterocycles. The van der Waals surface area contributed by atoms with E-state index in [1.807, 2.05) is 6.92 Å². The Morgan fingerprint density at radius 2 is 1.78 bits per heavy atom. The summed E-state index contributed by atoms with van der Waals surface area (Å²) in [6.45, 7) is 2.49.